The number of carbonyl (C=O) groups excluding carboxylic acids is 1. The lowest BCUT2D eigenvalue weighted by atomic mass is 10.1. The Morgan fingerprint density at radius 1 is 0.953 bits per heavy atom. The van der Waals surface area contributed by atoms with Gasteiger partial charge < -0.3 is 22.5 Å². The normalized spacial score (nSPS) is 10.3. The minimum atomic E-state index is -0.561. The Bertz CT molecular complexity index is 1830. The molecular formula is C30H30N10O3. The van der Waals surface area contributed by atoms with Crippen molar-refractivity contribution in [1.82, 2.24) is 25.0 Å². The predicted molar refractivity (Wildman–Crippen MR) is 164 cm³/mol. The van der Waals surface area contributed by atoms with Crippen LogP contribution in [-0.4, -0.2) is 30.6 Å². The molecular weight excluding hydrogens is 548 g/mol. The van der Waals surface area contributed by atoms with Gasteiger partial charge in [-0.25, -0.2) is 10.5 Å². The van der Waals surface area contributed by atoms with Gasteiger partial charge in [-0.3, -0.25) is 19.4 Å². The van der Waals surface area contributed by atoms with Gasteiger partial charge in [-0.15, -0.1) is 0 Å². The van der Waals surface area contributed by atoms with Gasteiger partial charge >= 0.3 is 0 Å². The largest absolute Gasteiger partial charge is 0.382 e. The zero-order valence-electron chi connectivity index (χ0n) is 23.3. The molecule has 3 aromatic carbocycles. The molecule has 0 aliphatic carbocycles. The topological polar surface area (TPSA) is 224 Å². The highest BCUT2D eigenvalue weighted by Crippen LogP contribution is 2.22. The Kier molecular flexibility index (Phi) is 9.46. The highest BCUT2D eigenvalue weighted by molar-refractivity contribution is 5.93. The molecule has 0 atom stereocenters. The van der Waals surface area contributed by atoms with Crippen LogP contribution in [0.15, 0.2) is 77.6 Å². The lowest BCUT2D eigenvalue weighted by Crippen LogP contribution is -2.24. The number of nitrogens with one attached hydrogen (secondary N) is 2. The van der Waals surface area contributed by atoms with Crippen LogP contribution in [0.4, 0.5) is 23.3 Å². The van der Waals surface area contributed by atoms with E-state index in [0.29, 0.717) is 35.1 Å². The molecule has 13 heteroatoms. The molecule has 13 nitrogen and oxygen atoms in total. The summed E-state index contributed by atoms with van der Waals surface area (Å²) in [5.41, 5.74) is 20.8. The number of amides is 1. The van der Waals surface area contributed by atoms with Crippen LogP contribution in [0, 0.1) is 11.3 Å². The standard InChI is InChI=1S/C25H24N4O3.C5H6N6/c1-2-7-22-27-21-11-6-10-20(23(21)25(31)29(22)19-8-4-3-5-9-19)26-16-17-12-14-18(15-13-17)24(30)28-32;6-1-2-3(7)10-5(9)11-4(2)8/h3-6,8-15,26,32H,2,7,16H2,1H3,(H,28,30);(H6,7,8,9,10,11). The van der Waals surface area contributed by atoms with E-state index in [1.54, 1.807) is 40.4 Å². The van der Waals surface area contributed by atoms with Gasteiger partial charge in [-0.1, -0.05) is 43.3 Å². The van der Waals surface area contributed by atoms with Crippen LogP contribution >= 0.6 is 0 Å². The smallest absolute Gasteiger partial charge is 0.274 e. The number of hydroxylamine groups is 1. The van der Waals surface area contributed by atoms with Crippen molar-refractivity contribution in [1.29, 1.82) is 5.26 Å². The van der Waals surface area contributed by atoms with Crippen LogP contribution in [0.2, 0.25) is 0 Å². The van der Waals surface area contributed by atoms with Gasteiger partial charge in [0.2, 0.25) is 5.95 Å². The summed E-state index contributed by atoms with van der Waals surface area (Å²) in [5, 5.41) is 21.1. The van der Waals surface area contributed by atoms with Gasteiger partial charge in [0.25, 0.3) is 11.5 Å². The lowest BCUT2D eigenvalue weighted by molar-refractivity contribution is 0.0706. The third kappa shape index (κ3) is 6.84. The highest BCUT2D eigenvalue weighted by atomic mass is 16.5. The average Bonchev–Trinajstić information content (AvgIpc) is 3.00. The molecule has 0 spiro atoms. The fourth-order valence-corrected chi connectivity index (χ4v) is 4.32. The number of fused-ring (bicyclic) bond motifs is 1. The first-order valence-electron chi connectivity index (χ1n) is 13.2. The number of para-hydroxylation sites is 1. The van der Waals surface area contributed by atoms with E-state index >= 15 is 0 Å². The minimum absolute atomic E-state index is 0.0116. The number of hydrogen-bond donors (Lipinski definition) is 6. The van der Waals surface area contributed by atoms with Crippen molar-refractivity contribution in [3.63, 3.8) is 0 Å². The number of nitrogen functional groups attached to an aromatic ring is 3. The maximum Gasteiger partial charge on any atom is 0.274 e. The molecule has 0 saturated carbocycles. The number of benzene rings is 3. The van der Waals surface area contributed by atoms with Gasteiger partial charge in [0.1, 0.15) is 29.1 Å². The molecule has 218 valence electrons. The number of hydrogen-bond acceptors (Lipinski definition) is 11. The van der Waals surface area contributed by atoms with E-state index in [4.69, 9.17) is 32.7 Å². The summed E-state index contributed by atoms with van der Waals surface area (Å²) >= 11 is 0. The Morgan fingerprint density at radius 3 is 2.23 bits per heavy atom. The summed E-state index contributed by atoms with van der Waals surface area (Å²) in [5.74, 6) is 0.175. The molecule has 0 bridgehead atoms. The van der Waals surface area contributed by atoms with Crippen molar-refractivity contribution in [3.05, 3.63) is 106 Å². The van der Waals surface area contributed by atoms with Gasteiger partial charge in [0.05, 0.1) is 16.6 Å². The number of aryl methyl sites for hydroxylation is 1. The van der Waals surface area contributed by atoms with Crippen molar-refractivity contribution in [2.75, 3.05) is 22.5 Å². The molecule has 0 saturated heterocycles. The number of rotatable bonds is 7. The van der Waals surface area contributed by atoms with E-state index in [0.717, 1.165) is 23.5 Å². The SMILES string of the molecule is CCCc1nc2cccc(NCc3ccc(C(=O)NO)cc3)c2c(=O)n1-c1ccccc1.N#Cc1c(N)nc(N)nc1N. The second-order valence-corrected chi connectivity index (χ2v) is 9.28. The Labute approximate surface area is 246 Å². The van der Waals surface area contributed by atoms with Crippen molar-refractivity contribution in [3.8, 4) is 11.8 Å². The second kappa shape index (κ2) is 13.6. The van der Waals surface area contributed by atoms with E-state index in [9.17, 15) is 9.59 Å². The van der Waals surface area contributed by atoms with E-state index in [1.807, 2.05) is 48.5 Å². The minimum Gasteiger partial charge on any atom is -0.382 e. The lowest BCUT2D eigenvalue weighted by Gasteiger charge is -2.15. The third-order valence-corrected chi connectivity index (χ3v) is 6.35. The molecule has 0 aliphatic heterocycles. The fraction of sp³-hybridized carbons (Fsp3) is 0.133. The zero-order valence-corrected chi connectivity index (χ0v) is 23.3. The zero-order chi connectivity index (χ0) is 30.9. The van der Waals surface area contributed by atoms with Gasteiger partial charge in [-0.05, 0) is 48.4 Å². The number of nitriles is 1. The molecule has 1 amide bonds. The second-order valence-electron chi connectivity index (χ2n) is 9.28. The molecule has 2 aromatic heterocycles. The average molecular weight is 579 g/mol. The number of carbonyl (C=O) groups is 1. The van der Waals surface area contributed by atoms with Gasteiger partial charge in [0.15, 0.2) is 0 Å². The quantitative estimate of drug-likeness (QED) is 0.121. The van der Waals surface area contributed by atoms with E-state index < -0.39 is 5.91 Å². The predicted octanol–water partition coefficient (Wildman–Crippen LogP) is 3.16. The number of anilines is 4. The third-order valence-electron chi connectivity index (χ3n) is 6.35. The number of aromatic nitrogens is 4. The summed E-state index contributed by atoms with van der Waals surface area (Å²) in [6, 6.07) is 23.8. The Hall–Kier alpha value is -6.00. The maximum atomic E-state index is 13.6. The fourth-order valence-electron chi connectivity index (χ4n) is 4.32. The first-order valence-corrected chi connectivity index (χ1v) is 13.2. The maximum absolute atomic E-state index is 13.6. The molecule has 5 rings (SSSR count). The molecule has 0 radical (unpaired) electrons. The molecule has 2 heterocycles. The number of nitrogens with zero attached hydrogens (tertiary/aromatic N) is 5. The molecule has 0 fully saturated rings. The Morgan fingerprint density at radius 2 is 1.63 bits per heavy atom. The molecule has 0 aliphatic rings. The van der Waals surface area contributed by atoms with E-state index in [-0.39, 0.29) is 28.7 Å². The molecule has 9 N–H and O–H groups in total. The van der Waals surface area contributed by atoms with Crippen LogP contribution in [0.1, 0.15) is 40.7 Å². The van der Waals surface area contributed by atoms with E-state index in [2.05, 4.69) is 22.2 Å². The van der Waals surface area contributed by atoms with Crippen molar-refractivity contribution < 1.29 is 10.0 Å². The van der Waals surface area contributed by atoms with Crippen molar-refractivity contribution >= 4 is 40.1 Å². The van der Waals surface area contributed by atoms with E-state index in [1.165, 1.54) is 0 Å². The summed E-state index contributed by atoms with van der Waals surface area (Å²) in [7, 11) is 0. The number of nitrogens with two attached hydrogens (primary N) is 3. The monoisotopic (exact) mass is 578 g/mol. The molecule has 5 aromatic rings. The molecule has 0 unspecified atom stereocenters. The van der Waals surface area contributed by atoms with Gasteiger partial charge in [-0.2, -0.15) is 15.2 Å². The highest BCUT2D eigenvalue weighted by Gasteiger charge is 2.15. The summed E-state index contributed by atoms with van der Waals surface area (Å²) < 4.78 is 1.69. The van der Waals surface area contributed by atoms with Crippen LogP contribution in [0.5, 0.6) is 0 Å². The first-order chi connectivity index (χ1) is 20.8. The van der Waals surface area contributed by atoms with Gasteiger partial charge in [0, 0.05) is 24.2 Å². The summed E-state index contributed by atoms with van der Waals surface area (Å²) in [4.78, 5) is 37.0. The van der Waals surface area contributed by atoms with Crippen LogP contribution in [0.3, 0.4) is 0 Å². The first kappa shape index (κ1) is 30.0. The van der Waals surface area contributed by atoms with Crippen molar-refractivity contribution in [2.45, 2.75) is 26.3 Å². The summed E-state index contributed by atoms with van der Waals surface area (Å²) in [6.07, 6.45) is 1.58. The summed E-state index contributed by atoms with van der Waals surface area (Å²) in [6.45, 7) is 2.53. The van der Waals surface area contributed by atoms with Crippen LogP contribution < -0.4 is 33.6 Å². The molecule has 43 heavy (non-hydrogen) atoms. The van der Waals surface area contributed by atoms with Crippen LogP contribution in [0.25, 0.3) is 16.6 Å². The Balaban J connectivity index is 0.000000324. The van der Waals surface area contributed by atoms with Crippen molar-refractivity contribution in [2.24, 2.45) is 0 Å². The van der Waals surface area contributed by atoms with Crippen LogP contribution in [-0.2, 0) is 13.0 Å².